The number of aliphatic hydroxyl groups excluding tert-OH is 1. The predicted molar refractivity (Wildman–Crippen MR) is 52.8 cm³/mol. The summed E-state index contributed by atoms with van der Waals surface area (Å²) in [5, 5.41) is 8.76. The molecule has 0 saturated carbocycles. The van der Waals surface area contributed by atoms with Crippen molar-refractivity contribution in [2.75, 3.05) is 13.8 Å². The normalized spacial score (nSPS) is 26.6. The average Bonchev–Trinajstić information content (AvgIpc) is 2.61. The lowest BCUT2D eigenvalue weighted by atomic mass is 10.3. The Morgan fingerprint density at radius 1 is 1.64 bits per heavy atom. The van der Waals surface area contributed by atoms with Gasteiger partial charge in [-0.15, -0.1) is 6.58 Å². The van der Waals surface area contributed by atoms with E-state index in [4.69, 9.17) is 14.6 Å². The molecule has 1 N–H and O–H groups in total. The van der Waals surface area contributed by atoms with Crippen molar-refractivity contribution in [3.05, 3.63) is 25.1 Å². The minimum atomic E-state index is -0.254. The summed E-state index contributed by atoms with van der Waals surface area (Å²) in [6.45, 7) is 7.09. The molecule has 1 rings (SSSR count). The highest BCUT2D eigenvalue weighted by Crippen LogP contribution is 2.15. The second kappa shape index (κ2) is 4.78. The molecule has 2 unspecified atom stereocenters. The molecule has 5 heteroatoms. The summed E-state index contributed by atoms with van der Waals surface area (Å²) in [5.74, 6) is -0.245. The molecule has 0 aromatic rings. The number of hydrogen-bond donors (Lipinski definition) is 1. The molecule has 1 aliphatic heterocycles. The highest BCUT2D eigenvalue weighted by molar-refractivity contribution is 5.56. The lowest BCUT2D eigenvalue weighted by Crippen LogP contribution is -2.37. The van der Waals surface area contributed by atoms with Gasteiger partial charge in [0.05, 0.1) is 6.34 Å². The van der Waals surface area contributed by atoms with E-state index in [0.717, 1.165) is 0 Å². The first-order valence-corrected chi connectivity index (χ1v) is 4.15. The Balaban J connectivity index is 2.55. The van der Waals surface area contributed by atoms with Crippen molar-refractivity contribution in [3.8, 4) is 0 Å². The van der Waals surface area contributed by atoms with Crippen LogP contribution in [-0.2, 0) is 9.47 Å². The lowest BCUT2D eigenvalue weighted by Gasteiger charge is -2.22. The van der Waals surface area contributed by atoms with Gasteiger partial charge in [-0.25, -0.2) is 4.99 Å². The van der Waals surface area contributed by atoms with Gasteiger partial charge in [0.15, 0.2) is 13.0 Å². The van der Waals surface area contributed by atoms with Crippen molar-refractivity contribution in [3.63, 3.8) is 0 Å². The van der Waals surface area contributed by atoms with E-state index in [1.165, 1.54) is 6.34 Å². The molecule has 1 heterocycles. The molecule has 0 amide bonds. The largest absolute Gasteiger partial charge is 0.494 e. The summed E-state index contributed by atoms with van der Waals surface area (Å²) in [6, 6.07) is 0. The molecular formula is C9H14N2O3. The summed E-state index contributed by atoms with van der Waals surface area (Å²) in [7, 11) is 1.77. The van der Waals surface area contributed by atoms with Crippen LogP contribution in [0.5, 0.6) is 0 Å². The molecule has 1 aliphatic rings. The molecule has 5 nitrogen and oxygen atoms in total. The van der Waals surface area contributed by atoms with Gasteiger partial charge >= 0.3 is 0 Å². The minimum absolute atomic E-state index is 0.182. The van der Waals surface area contributed by atoms with Gasteiger partial charge < -0.3 is 19.5 Å². The number of ether oxygens (including phenoxy) is 2. The number of aliphatic hydroxyl groups is 1. The monoisotopic (exact) mass is 198 g/mol. The van der Waals surface area contributed by atoms with E-state index < -0.39 is 0 Å². The lowest BCUT2D eigenvalue weighted by molar-refractivity contribution is 0.0125. The van der Waals surface area contributed by atoms with Crippen LogP contribution in [0.4, 0.5) is 0 Å². The maximum atomic E-state index is 8.76. The third-order valence-electron chi connectivity index (χ3n) is 1.80. The molecule has 0 radical (unpaired) electrons. The first-order chi connectivity index (χ1) is 6.65. The van der Waals surface area contributed by atoms with Gasteiger partial charge in [0.1, 0.15) is 6.10 Å². The van der Waals surface area contributed by atoms with Crippen LogP contribution in [0, 0.1) is 0 Å². The number of likely N-dealkylation sites (N-methyl/N-ethyl adjacent to an activating group) is 1. The predicted octanol–water partition coefficient (Wildman–Crippen LogP) is 0.861. The fourth-order valence-corrected chi connectivity index (χ4v) is 1.12. The summed E-state index contributed by atoms with van der Waals surface area (Å²) in [4.78, 5) is 5.31. The zero-order valence-corrected chi connectivity index (χ0v) is 8.09. The van der Waals surface area contributed by atoms with E-state index in [1.807, 2.05) is 0 Å². The molecule has 0 aliphatic carbocycles. The van der Waals surface area contributed by atoms with Gasteiger partial charge in [0.2, 0.25) is 5.88 Å². The highest BCUT2D eigenvalue weighted by Gasteiger charge is 2.29. The number of nitrogens with zero attached hydrogens (tertiary/aromatic N) is 2. The van der Waals surface area contributed by atoms with Crippen LogP contribution in [0.25, 0.3) is 0 Å². The number of hydrogen-bond acceptors (Lipinski definition) is 4. The van der Waals surface area contributed by atoms with Crippen LogP contribution >= 0.6 is 0 Å². The summed E-state index contributed by atoms with van der Waals surface area (Å²) < 4.78 is 10.5. The Morgan fingerprint density at radius 3 is 2.93 bits per heavy atom. The number of aliphatic imine (C=N–C) groups is 1. The van der Waals surface area contributed by atoms with E-state index in [0.29, 0.717) is 0 Å². The van der Waals surface area contributed by atoms with Crippen LogP contribution in [0.1, 0.15) is 0 Å². The quantitative estimate of drug-likeness (QED) is 0.315. The Labute approximate surface area is 83.0 Å². The second-order valence-electron chi connectivity index (χ2n) is 2.87. The molecule has 78 valence electrons. The molecule has 14 heavy (non-hydrogen) atoms. The Hall–Kier alpha value is -1.33. The van der Waals surface area contributed by atoms with E-state index in [-0.39, 0.29) is 25.0 Å². The van der Waals surface area contributed by atoms with Gasteiger partial charge in [-0.1, -0.05) is 6.08 Å². The zero-order valence-electron chi connectivity index (χ0n) is 8.09. The molecule has 0 bridgehead atoms. The second-order valence-corrected chi connectivity index (χ2v) is 2.87. The molecule has 1 saturated heterocycles. The smallest absolute Gasteiger partial charge is 0.204 e. The van der Waals surface area contributed by atoms with Crippen molar-refractivity contribution >= 4 is 6.34 Å². The van der Waals surface area contributed by atoms with Gasteiger partial charge in [-0.3, -0.25) is 0 Å². The van der Waals surface area contributed by atoms with Crippen molar-refractivity contribution in [2.24, 2.45) is 4.99 Å². The van der Waals surface area contributed by atoms with Crippen LogP contribution in [-0.4, -0.2) is 42.5 Å². The molecule has 1 fully saturated rings. The van der Waals surface area contributed by atoms with E-state index in [2.05, 4.69) is 18.2 Å². The molecule has 2 atom stereocenters. The van der Waals surface area contributed by atoms with Gasteiger partial charge in [-0.05, 0) is 6.58 Å². The summed E-state index contributed by atoms with van der Waals surface area (Å²) in [5.41, 5.74) is 0. The molecule has 0 spiro atoms. The van der Waals surface area contributed by atoms with E-state index >= 15 is 0 Å². The van der Waals surface area contributed by atoms with Crippen LogP contribution < -0.4 is 0 Å². The molecule has 0 aromatic heterocycles. The maximum absolute atomic E-state index is 8.76. The van der Waals surface area contributed by atoms with Crippen molar-refractivity contribution in [1.29, 1.82) is 0 Å². The fraction of sp³-hybridized carbons (Fsp3) is 0.444. The van der Waals surface area contributed by atoms with Gasteiger partial charge in [0, 0.05) is 7.05 Å². The van der Waals surface area contributed by atoms with Crippen LogP contribution in [0.15, 0.2) is 30.1 Å². The first-order valence-electron chi connectivity index (χ1n) is 4.15. The van der Waals surface area contributed by atoms with E-state index in [9.17, 15) is 0 Å². The minimum Gasteiger partial charge on any atom is -0.494 e. The zero-order chi connectivity index (χ0) is 10.6. The third kappa shape index (κ3) is 2.58. The Bertz CT molecular complexity index is 252. The van der Waals surface area contributed by atoms with Gasteiger partial charge in [-0.2, -0.15) is 0 Å². The van der Waals surface area contributed by atoms with Crippen molar-refractivity contribution < 1.29 is 14.6 Å². The van der Waals surface area contributed by atoms with E-state index in [1.54, 1.807) is 18.0 Å². The first kappa shape index (κ1) is 10.7. The van der Waals surface area contributed by atoms with Crippen molar-refractivity contribution in [2.45, 2.75) is 12.3 Å². The highest BCUT2D eigenvalue weighted by atomic mass is 16.7. The Kier molecular flexibility index (Phi) is 3.67. The summed E-state index contributed by atoms with van der Waals surface area (Å²) in [6.07, 6.45) is 2.66. The SMILES string of the molecule is C=CC1OCOC1N(C)/C=N\C(=C)O. The van der Waals surface area contributed by atoms with Crippen LogP contribution in [0.3, 0.4) is 0 Å². The van der Waals surface area contributed by atoms with Gasteiger partial charge in [0.25, 0.3) is 0 Å². The third-order valence-corrected chi connectivity index (χ3v) is 1.80. The van der Waals surface area contributed by atoms with Crippen LogP contribution in [0.2, 0.25) is 0 Å². The molecule has 0 aromatic carbocycles. The van der Waals surface area contributed by atoms with Crippen molar-refractivity contribution in [1.82, 2.24) is 4.90 Å². The summed E-state index contributed by atoms with van der Waals surface area (Å²) >= 11 is 0. The number of rotatable bonds is 4. The fourth-order valence-electron chi connectivity index (χ4n) is 1.12. The Morgan fingerprint density at radius 2 is 2.36 bits per heavy atom. The average molecular weight is 198 g/mol. The standard InChI is InChI=1S/C9H14N2O3/c1-4-8-9(14-6-13-8)11(3)5-10-7(2)12/h4-5,8-9,12H,1-2,6H2,3H3/b10-5-. The topological polar surface area (TPSA) is 54.3 Å². The molecular weight excluding hydrogens is 184 g/mol. The maximum Gasteiger partial charge on any atom is 0.204 e.